The number of halogens is 6. The summed E-state index contributed by atoms with van der Waals surface area (Å²) in [6.45, 7) is 1.41. The van der Waals surface area contributed by atoms with Crippen LogP contribution in [0.5, 0.6) is 0 Å². The summed E-state index contributed by atoms with van der Waals surface area (Å²) < 4.78 is 116. The van der Waals surface area contributed by atoms with Crippen LogP contribution >= 0.6 is 0 Å². The number of hydrogen-bond donors (Lipinski definition) is 1. The van der Waals surface area contributed by atoms with Gasteiger partial charge in [0, 0.05) is 24.2 Å². The molecule has 222 valence electrons. The highest BCUT2D eigenvalue weighted by atomic mass is 32.3. The fraction of sp³-hybridized carbons (Fsp3) is 0.381. The lowest BCUT2D eigenvalue weighted by Gasteiger charge is -2.22. The van der Waals surface area contributed by atoms with E-state index in [4.69, 9.17) is 4.74 Å². The maximum Gasteiger partial charge on any atom is 0.480 e. The molecule has 0 unspecified atom stereocenters. The van der Waals surface area contributed by atoms with E-state index in [0.717, 1.165) is 36.4 Å². The molecule has 1 aromatic carbocycles. The molecule has 2 rings (SSSR count). The van der Waals surface area contributed by atoms with Crippen molar-refractivity contribution < 1.29 is 62.1 Å². The number of nitrogens with one attached hydrogen (secondary N) is 1. The van der Waals surface area contributed by atoms with Crippen LogP contribution in [0.4, 0.5) is 42.5 Å². The van der Waals surface area contributed by atoms with Gasteiger partial charge in [0.05, 0.1) is 12.3 Å². The van der Waals surface area contributed by atoms with Crippen molar-refractivity contribution >= 4 is 43.6 Å². The zero-order valence-corrected chi connectivity index (χ0v) is 21.9. The Bertz CT molecular complexity index is 1300. The lowest BCUT2D eigenvalue weighted by atomic mass is 10.2. The van der Waals surface area contributed by atoms with Gasteiger partial charge in [-0.15, -0.1) is 0 Å². The van der Waals surface area contributed by atoms with Gasteiger partial charge in [0.2, 0.25) is 6.08 Å². The molecule has 0 radical (unpaired) electrons. The smallest absolute Gasteiger partial charge is 0.449 e. The van der Waals surface area contributed by atoms with Gasteiger partial charge in [0.1, 0.15) is 6.54 Å². The SMILES string of the molecule is O=C=Nc1ccc(NC(=O)OCCCCCC[n+]2ccccc2)cc1.O=S(=O)([N-]S(=O)(=O)C(F)(F)F)C(F)(F)F. The van der Waals surface area contributed by atoms with Crippen LogP contribution in [-0.2, 0) is 36.1 Å². The number of aromatic nitrogens is 1. The van der Waals surface area contributed by atoms with Crippen LogP contribution < -0.4 is 9.88 Å². The van der Waals surface area contributed by atoms with Crippen molar-refractivity contribution in [1.29, 1.82) is 0 Å². The van der Waals surface area contributed by atoms with Gasteiger partial charge in [-0.1, -0.05) is 6.07 Å². The number of carbonyl (C=O) groups excluding carboxylic acids is 2. The summed E-state index contributed by atoms with van der Waals surface area (Å²) in [7, 11) is -13.4. The lowest BCUT2D eigenvalue weighted by Crippen LogP contribution is -2.32. The minimum atomic E-state index is -6.72. The summed E-state index contributed by atoms with van der Waals surface area (Å²) in [6, 6.07) is 12.6. The van der Waals surface area contributed by atoms with Crippen molar-refractivity contribution in [3.63, 3.8) is 0 Å². The van der Waals surface area contributed by atoms with Crippen molar-refractivity contribution in [3.8, 4) is 0 Å². The fourth-order valence-corrected chi connectivity index (χ4v) is 4.25. The van der Waals surface area contributed by atoms with Gasteiger partial charge in [-0.05, 0) is 43.5 Å². The number of hydrogen-bond acceptors (Lipinski definition) is 8. The van der Waals surface area contributed by atoms with Crippen molar-refractivity contribution in [2.24, 2.45) is 4.99 Å². The zero-order valence-electron chi connectivity index (χ0n) is 20.2. The first-order chi connectivity index (χ1) is 18.5. The number of aryl methyl sites for hydroxylation is 1. The topological polar surface area (TPSA) is 154 Å². The van der Waals surface area contributed by atoms with E-state index in [0.29, 0.717) is 18.0 Å². The maximum absolute atomic E-state index is 11.7. The molecule has 0 atom stereocenters. The number of alkyl halides is 6. The molecular weight excluding hydrogens is 598 g/mol. The Kier molecular flexibility index (Phi) is 13.2. The molecule has 0 aliphatic rings. The predicted octanol–water partition coefficient (Wildman–Crippen LogP) is 4.81. The quantitative estimate of drug-likeness (QED) is 0.124. The highest BCUT2D eigenvalue weighted by Crippen LogP contribution is 2.36. The highest BCUT2D eigenvalue weighted by molar-refractivity contribution is 8.13. The molecule has 19 heteroatoms. The summed E-state index contributed by atoms with van der Waals surface area (Å²) in [6.07, 6.45) is 9.19. The molecule has 0 bridgehead atoms. The molecule has 0 aliphatic heterocycles. The molecule has 0 spiro atoms. The number of carbonyl (C=O) groups is 1. The Labute approximate surface area is 225 Å². The molecule has 11 nitrogen and oxygen atoms in total. The Morgan fingerprint density at radius 2 is 1.40 bits per heavy atom. The van der Waals surface area contributed by atoms with Gasteiger partial charge in [0.15, 0.2) is 32.4 Å². The summed E-state index contributed by atoms with van der Waals surface area (Å²) in [5.74, 6) is 0. The molecule has 0 aliphatic carbocycles. The van der Waals surface area contributed by atoms with E-state index < -0.39 is 37.2 Å². The third-order valence-corrected chi connectivity index (χ3v) is 7.13. The molecule has 1 N–H and O–H groups in total. The first-order valence-electron chi connectivity index (χ1n) is 10.9. The van der Waals surface area contributed by atoms with Crippen molar-refractivity contribution in [3.05, 3.63) is 59.0 Å². The number of isocyanates is 1. The van der Waals surface area contributed by atoms with Crippen LogP contribution in [0.25, 0.3) is 4.13 Å². The maximum atomic E-state index is 11.7. The number of nitrogens with zero attached hydrogens (tertiary/aromatic N) is 3. The summed E-state index contributed by atoms with van der Waals surface area (Å²) in [5.41, 5.74) is -11.3. The average molecular weight is 621 g/mol. The molecular formula is C21H22F6N4O7S2. The van der Waals surface area contributed by atoms with Crippen LogP contribution in [0.2, 0.25) is 0 Å². The molecule has 1 amide bonds. The molecule has 40 heavy (non-hydrogen) atoms. The first kappa shape index (κ1) is 34.5. The second-order valence-electron chi connectivity index (χ2n) is 7.45. The van der Waals surface area contributed by atoms with Gasteiger partial charge in [-0.3, -0.25) is 5.32 Å². The molecule has 1 aromatic heterocycles. The third kappa shape index (κ3) is 12.5. The van der Waals surface area contributed by atoms with E-state index in [2.05, 4.69) is 27.3 Å². The molecule has 2 aromatic rings. The predicted molar refractivity (Wildman–Crippen MR) is 128 cm³/mol. The molecule has 0 saturated heterocycles. The minimum Gasteiger partial charge on any atom is -0.449 e. The normalized spacial score (nSPS) is 11.9. The van der Waals surface area contributed by atoms with E-state index in [1.54, 1.807) is 24.3 Å². The monoisotopic (exact) mass is 620 g/mol. The number of amides is 1. The van der Waals surface area contributed by atoms with E-state index in [1.807, 2.05) is 18.2 Å². The highest BCUT2D eigenvalue weighted by Gasteiger charge is 2.46. The van der Waals surface area contributed by atoms with Gasteiger partial charge in [-0.25, -0.2) is 31.0 Å². The van der Waals surface area contributed by atoms with Gasteiger partial charge in [0.25, 0.3) is 0 Å². The van der Waals surface area contributed by atoms with Crippen LogP contribution in [0.3, 0.4) is 0 Å². The Hall–Kier alpha value is -3.54. The first-order valence-corrected chi connectivity index (χ1v) is 13.8. The second kappa shape index (κ2) is 15.3. The minimum absolute atomic E-state index is 0.401. The zero-order chi connectivity index (χ0) is 30.5. The largest absolute Gasteiger partial charge is 0.480 e. The Balaban J connectivity index is 0.000000459. The third-order valence-electron chi connectivity index (χ3n) is 4.39. The number of aliphatic imine (C=N–C) groups is 1. The number of rotatable bonds is 11. The number of anilines is 1. The number of benzene rings is 1. The van der Waals surface area contributed by atoms with Crippen molar-refractivity contribution in [2.75, 3.05) is 11.9 Å². The summed E-state index contributed by atoms with van der Waals surface area (Å²) in [4.78, 5) is 25.3. The molecule has 0 fully saturated rings. The lowest BCUT2D eigenvalue weighted by molar-refractivity contribution is -0.697. The van der Waals surface area contributed by atoms with Crippen LogP contribution in [0, 0.1) is 0 Å². The molecule has 0 saturated carbocycles. The standard InChI is InChI=1S/C19H21N3O3.C2F6NO4S2/c23-16-20-17-8-10-18(11-9-17)21-19(24)25-15-7-2-1-4-12-22-13-5-3-6-14-22;3-1(4,5)14(10,11)9-15(12,13)2(6,7)8/h3,5-6,8-11,13-14H,1-2,4,7,12,15H2;/q;-1/p+1. The molecule has 1 heterocycles. The van der Waals surface area contributed by atoms with Crippen LogP contribution in [0.1, 0.15) is 25.7 Å². The number of unbranched alkanes of at least 4 members (excludes halogenated alkanes) is 3. The number of ether oxygens (including phenoxy) is 1. The average Bonchev–Trinajstić information content (AvgIpc) is 2.84. The Morgan fingerprint density at radius 3 is 1.90 bits per heavy atom. The van der Waals surface area contributed by atoms with Crippen molar-refractivity contribution in [2.45, 2.75) is 43.2 Å². The fourth-order valence-electron chi connectivity index (χ4n) is 2.54. The van der Waals surface area contributed by atoms with E-state index in [9.17, 15) is 52.8 Å². The van der Waals surface area contributed by atoms with Gasteiger partial charge >= 0.3 is 17.1 Å². The number of pyridine rings is 1. The van der Waals surface area contributed by atoms with Crippen LogP contribution in [0.15, 0.2) is 59.9 Å². The van der Waals surface area contributed by atoms with Gasteiger partial charge in [-0.2, -0.15) is 31.3 Å². The summed E-state index contributed by atoms with van der Waals surface area (Å²) >= 11 is 0. The number of sulfonamides is 2. The van der Waals surface area contributed by atoms with E-state index in [1.165, 1.54) is 6.08 Å². The van der Waals surface area contributed by atoms with Crippen molar-refractivity contribution in [1.82, 2.24) is 0 Å². The van der Waals surface area contributed by atoms with Gasteiger partial charge < -0.3 is 8.86 Å². The Morgan fingerprint density at radius 1 is 0.875 bits per heavy atom. The summed E-state index contributed by atoms with van der Waals surface area (Å²) in [5, 5.41) is 2.63. The van der Waals surface area contributed by atoms with Crippen LogP contribution in [-0.4, -0.2) is 46.6 Å². The van der Waals surface area contributed by atoms with E-state index >= 15 is 0 Å². The van der Waals surface area contributed by atoms with E-state index in [-0.39, 0.29) is 0 Å². The second-order valence-corrected chi connectivity index (χ2v) is 10.9.